The number of anilines is 2. The fraction of sp³-hybridized carbons (Fsp3) is 0.381. The molecule has 1 heterocycles. The van der Waals surface area contributed by atoms with Crippen LogP contribution in [0.4, 0.5) is 10.7 Å². The van der Waals surface area contributed by atoms with E-state index in [1.165, 1.54) is 23.6 Å². The van der Waals surface area contributed by atoms with Gasteiger partial charge in [0, 0.05) is 22.4 Å². The number of nitrogens with zero attached hydrogens (tertiary/aromatic N) is 1. The zero-order valence-electron chi connectivity index (χ0n) is 16.0. The van der Waals surface area contributed by atoms with E-state index in [1.807, 2.05) is 31.2 Å². The first kappa shape index (κ1) is 20.4. The number of carbonyl (C=O) groups is 2. The van der Waals surface area contributed by atoms with Gasteiger partial charge in [-0.1, -0.05) is 13.0 Å². The van der Waals surface area contributed by atoms with Gasteiger partial charge < -0.3 is 10.6 Å². The van der Waals surface area contributed by atoms with Gasteiger partial charge in [-0.25, -0.2) is 0 Å². The van der Waals surface area contributed by atoms with Crippen LogP contribution >= 0.6 is 23.1 Å². The van der Waals surface area contributed by atoms with Crippen molar-refractivity contribution in [1.82, 2.24) is 0 Å². The Kier molecular flexibility index (Phi) is 6.76. The van der Waals surface area contributed by atoms with Crippen molar-refractivity contribution in [3.8, 4) is 6.07 Å². The summed E-state index contributed by atoms with van der Waals surface area (Å²) in [7, 11) is 0. The van der Waals surface area contributed by atoms with Gasteiger partial charge in [0.05, 0.1) is 10.8 Å². The van der Waals surface area contributed by atoms with E-state index in [9.17, 15) is 14.9 Å². The van der Waals surface area contributed by atoms with Crippen molar-refractivity contribution in [3.05, 3.63) is 40.3 Å². The molecule has 1 aromatic heterocycles. The fourth-order valence-corrected chi connectivity index (χ4v) is 5.56. The van der Waals surface area contributed by atoms with E-state index in [2.05, 4.69) is 16.7 Å². The number of benzene rings is 1. The van der Waals surface area contributed by atoms with Crippen LogP contribution in [0.1, 0.15) is 49.1 Å². The summed E-state index contributed by atoms with van der Waals surface area (Å²) in [5.74, 6) is -0.217. The van der Waals surface area contributed by atoms with Gasteiger partial charge in [0.1, 0.15) is 11.1 Å². The Labute approximate surface area is 173 Å². The minimum absolute atomic E-state index is 0.0903. The molecule has 5 nitrogen and oxygen atoms in total. The van der Waals surface area contributed by atoms with Crippen LogP contribution in [0.2, 0.25) is 0 Å². The molecule has 146 valence electrons. The smallest absolute Gasteiger partial charge is 0.238 e. The van der Waals surface area contributed by atoms with Crippen molar-refractivity contribution in [2.45, 2.75) is 56.1 Å². The number of hydrogen-bond acceptors (Lipinski definition) is 5. The maximum absolute atomic E-state index is 12.9. The molecule has 3 rings (SSSR count). The molecule has 7 heteroatoms. The molecule has 1 unspecified atom stereocenters. The summed E-state index contributed by atoms with van der Waals surface area (Å²) in [6.45, 7) is 3.44. The summed E-state index contributed by atoms with van der Waals surface area (Å²) in [5.41, 5.74) is 2.48. The Morgan fingerprint density at radius 3 is 2.79 bits per heavy atom. The first-order valence-electron chi connectivity index (χ1n) is 9.41. The number of nitrogens with one attached hydrogen (secondary N) is 2. The number of aryl methyl sites for hydroxylation is 1. The Bertz CT molecular complexity index is 930. The van der Waals surface area contributed by atoms with Crippen LogP contribution in [0, 0.1) is 11.3 Å². The Morgan fingerprint density at radius 1 is 1.29 bits per heavy atom. The molecular weight excluding hydrogens is 390 g/mol. The molecule has 2 amide bonds. The van der Waals surface area contributed by atoms with Gasteiger partial charge in [-0.05, 0) is 55.9 Å². The second-order valence-electron chi connectivity index (χ2n) is 6.74. The second-order valence-corrected chi connectivity index (χ2v) is 9.12. The highest BCUT2D eigenvalue weighted by Gasteiger charge is 2.24. The SMILES string of the molecule is CCC(Sc1cccc(NC(C)=O)c1)C(=O)Nc1sc2c(c1C#N)CCCC2. The third-order valence-corrected chi connectivity index (χ3v) is 7.18. The second kappa shape index (κ2) is 9.26. The maximum Gasteiger partial charge on any atom is 0.238 e. The molecule has 0 saturated heterocycles. The molecule has 1 aromatic carbocycles. The molecule has 2 aromatic rings. The molecule has 0 radical (unpaired) electrons. The minimum Gasteiger partial charge on any atom is -0.326 e. The van der Waals surface area contributed by atoms with Gasteiger partial charge in [0.25, 0.3) is 0 Å². The molecule has 0 spiro atoms. The van der Waals surface area contributed by atoms with Crippen molar-refractivity contribution in [2.75, 3.05) is 10.6 Å². The maximum atomic E-state index is 12.9. The molecule has 0 aliphatic heterocycles. The Hall–Kier alpha value is -2.30. The van der Waals surface area contributed by atoms with E-state index in [1.54, 1.807) is 11.3 Å². The van der Waals surface area contributed by atoms with Crippen molar-refractivity contribution in [3.63, 3.8) is 0 Å². The normalized spacial score (nSPS) is 13.9. The van der Waals surface area contributed by atoms with Crippen LogP contribution in [-0.2, 0) is 22.4 Å². The molecule has 28 heavy (non-hydrogen) atoms. The number of carbonyl (C=O) groups excluding carboxylic acids is 2. The van der Waals surface area contributed by atoms with Crippen molar-refractivity contribution >= 4 is 45.6 Å². The summed E-state index contributed by atoms with van der Waals surface area (Å²) in [4.78, 5) is 26.3. The Morgan fingerprint density at radius 2 is 2.07 bits per heavy atom. The van der Waals surface area contributed by atoms with Gasteiger partial charge in [-0.15, -0.1) is 23.1 Å². The quantitative estimate of drug-likeness (QED) is 0.655. The van der Waals surface area contributed by atoms with Crippen LogP contribution < -0.4 is 10.6 Å². The largest absolute Gasteiger partial charge is 0.326 e. The molecule has 1 aliphatic carbocycles. The highest BCUT2D eigenvalue weighted by Crippen LogP contribution is 2.38. The molecule has 1 aliphatic rings. The average molecular weight is 414 g/mol. The number of hydrogen-bond donors (Lipinski definition) is 2. The summed E-state index contributed by atoms with van der Waals surface area (Å²) < 4.78 is 0. The number of fused-ring (bicyclic) bond motifs is 1. The predicted octanol–water partition coefficient (Wildman–Crippen LogP) is 4.97. The van der Waals surface area contributed by atoms with Crippen LogP contribution in [-0.4, -0.2) is 17.1 Å². The average Bonchev–Trinajstić information content (AvgIpc) is 3.02. The van der Waals surface area contributed by atoms with E-state index in [0.29, 0.717) is 22.7 Å². The molecular formula is C21H23N3O2S2. The lowest BCUT2D eigenvalue weighted by Crippen LogP contribution is -2.24. The number of thioether (sulfide) groups is 1. The Balaban J connectivity index is 1.73. The third kappa shape index (κ3) is 4.75. The zero-order valence-corrected chi connectivity index (χ0v) is 17.6. The van der Waals surface area contributed by atoms with Gasteiger partial charge in [0.2, 0.25) is 11.8 Å². The number of thiophene rings is 1. The third-order valence-electron chi connectivity index (χ3n) is 4.62. The van der Waals surface area contributed by atoms with Crippen molar-refractivity contribution in [2.24, 2.45) is 0 Å². The summed E-state index contributed by atoms with van der Waals surface area (Å²) >= 11 is 3.01. The van der Waals surface area contributed by atoms with Crippen LogP contribution in [0.25, 0.3) is 0 Å². The van der Waals surface area contributed by atoms with E-state index >= 15 is 0 Å². The van der Waals surface area contributed by atoms with Crippen molar-refractivity contribution in [1.29, 1.82) is 5.26 Å². The van der Waals surface area contributed by atoms with Crippen LogP contribution in [0.3, 0.4) is 0 Å². The summed E-state index contributed by atoms with van der Waals surface area (Å²) in [6.07, 6.45) is 4.82. The van der Waals surface area contributed by atoms with E-state index in [-0.39, 0.29) is 17.1 Å². The lowest BCUT2D eigenvalue weighted by Gasteiger charge is -2.15. The molecule has 2 N–H and O–H groups in total. The van der Waals surface area contributed by atoms with E-state index < -0.39 is 0 Å². The van der Waals surface area contributed by atoms with E-state index in [4.69, 9.17) is 0 Å². The van der Waals surface area contributed by atoms with Crippen molar-refractivity contribution < 1.29 is 9.59 Å². The number of amides is 2. The van der Waals surface area contributed by atoms with Gasteiger partial charge in [-0.3, -0.25) is 9.59 Å². The molecule has 1 atom stereocenters. The summed E-state index contributed by atoms with van der Waals surface area (Å²) in [5, 5.41) is 15.7. The zero-order chi connectivity index (χ0) is 20.1. The summed E-state index contributed by atoms with van der Waals surface area (Å²) in [6, 6.07) is 9.77. The van der Waals surface area contributed by atoms with Gasteiger partial charge in [0.15, 0.2) is 0 Å². The first-order chi connectivity index (χ1) is 13.5. The fourth-order valence-electron chi connectivity index (χ4n) is 3.30. The minimum atomic E-state index is -0.279. The van der Waals surface area contributed by atoms with Crippen LogP contribution in [0.15, 0.2) is 29.2 Å². The standard InChI is InChI=1S/C21H23N3O2S2/c1-3-18(27-15-8-6-7-14(11-15)23-13(2)25)20(26)24-21-17(12-22)16-9-4-5-10-19(16)28-21/h6-8,11,18H,3-5,9-10H2,1-2H3,(H,23,25)(H,24,26). The van der Waals surface area contributed by atoms with Crippen LogP contribution in [0.5, 0.6) is 0 Å². The highest BCUT2D eigenvalue weighted by molar-refractivity contribution is 8.00. The lowest BCUT2D eigenvalue weighted by atomic mass is 9.96. The van der Waals surface area contributed by atoms with Gasteiger partial charge >= 0.3 is 0 Å². The number of rotatable bonds is 6. The van der Waals surface area contributed by atoms with E-state index in [0.717, 1.165) is 36.1 Å². The predicted molar refractivity (Wildman–Crippen MR) is 115 cm³/mol. The molecule has 0 fully saturated rings. The van der Waals surface area contributed by atoms with Gasteiger partial charge in [-0.2, -0.15) is 5.26 Å². The monoisotopic (exact) mass is 413 g/mol. The number of nitriles is 1. The highest BCUT2D eigenvalue weighted by atomic mass is 32.2. The topological polar surface area (TPSA) is 82.0 Å². The first-order valence-corrected chi connectivity index (χ1v) is 11.1. The lowest BCUT2D eigenvalue weighted by molar-refractivity contribution is -0.116. The molecule has 0 bridgehead atoms. The molecule has 0 saturated carbocycles.